The molecule has 1 atom stereocenters. The molecule has 0 bridgehead atoms. The molecule has 1 heterocycles. The van der Waals surface area contributed by atoms with E-state index in [1.807, 2.05) is 0 Å². The Hall–Kier alpha value is -1.33. The van der Waals surface area contributed by atoms with Gasteiger partial charge in [-0.2, -0.15) is 0 Å². The van der Waals surface area contributed by atoms with Crippen molar-refractivity contribution in [3.63, 3.8) is 0 Å². The third-order valence-electron chi connectivity index (χ3n) is 2.33. The van der Waals surface area contributed by atoms with Crippen molar-refractivity contribution in [2.24, 2.45) is 0 Å². The van der Waals surface area contributed by atoms with Crippen LogP contribution in [-0.4, -0.2) is 40.2 Å². The summed E-state index contributed by atoms with van der Waals surface area (Å²) >= 11 is 0. The molecule has 2 aromatic rings. The molecule has 0 amide bonds. The Morgan fingerprint density at radius 1 is 1.58 bits per heavy atom. The second kappa shape index (κ2) is 5.35. The number of aromatic nitrogens is 1. The number of likely N-dealkylation sites (N-methyl/N-ethyl adjacent to an activating group) is 1. The molecular weight excluding hydrogens is 267 g/mol. The smallest absolute Gasteiger partial charge is 0.404 e. The lowest BCUT2D eigenvalue weighted by atomic mass is 10.1. The van der Waals surface area contributed by atoms with E-state index in [-0.39, 0.29) is 16.7 Å². The van der Waals surface area contributed by atoms with Crippen LogP contribution in [0.3, 0.4) is 0 Å². The van der Waals surface area contributed by atoms with Crippen LogP contribution in [0.15, 0.2) is 24.4 Å². The lowest BCUT2D eigenvalue weighted by Gasteiger charge is -2.11. The van der Waals surface area contributed by atoms with Crippen molar-refractivity contribution in [2.45, 2.75) is 6.40 Å². The van der Waals surface area contributed by atoms with Crippen LogP contribution in [0, 0.1) is 0 Å². The van der Waals surface area contributed by atoms with Gasteiger partial charge in [0.15, 0.2) is 0 Å². The normalized spacial score (nSPS) is 20.0. The summed E-state index contributed by atoms with van der Waals surface area (Å²) in [6.45, 7) is -5.35. The molecule has 7 heteroatoms. The number of rotatable bonds is 5. The van der Waals surface area contributed by atoms with Gasteiger partial charge in [-0.3, -0.25) is 9.79 Å². The lowest BCUT2D eigenvalue weighted by Crippen LogP contribution is -2.14. The Kier molecular flexibility index (Phi) is 2.27. The highest BCUT2D eigenvalue weighted by Crippen LogP contribution is 2.41. The number of phosphoric ester groups is 1. The van der Waals surface area contributed by atoms with Crippen molar-refractivity contribution < 1.29 is 27.1 Å². The zero-order valence-corrected chi connectivity index (χ0v) is 10.9. The van der Waals surface area contributed by atoms with Crippen molar-refractivity contribution in [3.05, 3.63) is 30.0 Å². The van der Waals surface area contributed by atoms with Gasteiger partial charge >= 0.3 is 7.82 Å². The number of hydrogen-bond acceptors (Lipinski definition) is 3. The molecule has 1 aromatic carbocycles. The first kappa shape index (κ1) is 8.07. The third kappa shape index (κ3) is 3.58. The van der Waals surface area contributed by atoms with Crippen LogP contribution in [0.25, 0.3) is 10.9 Å². The molecule has 0 aliphatic rings. The van der Waals surface area contributed by atoms with E-state index in [9.17, 15) is 4.57 Å². The number of benzene rings is 1. The maximum atomic E-state index is 11.1. The van der Waals surface area contributed by atoms with Gasteiger partial charge in [0.1, 0.15) is 5.75 Å². The first-order valence-corrected chi connectivity index (χ1v) is 6.79. The van der Waals surface area contributed by atoms with E-state index in [1.165, 1.54) is 18.3 Å². The molecule has 3 N–H and O–H groups in total. The predicted octanol–water partition coefficient (Wildman–Crippen LogP) is 1.74. The molecule has 0 spiro atoms. The molecule has 19 heavy (non-hydrogen) atoms. The van der Waals surface area contributed by atoms with Gasteiger partial charge in [-0.15, -0.1) is 0 Å². The van der Waals surface area contributed by atoms with Gasteiger partial charge in [0.2, 0.25) is 0 Å². The van der Waals surface area contributed by atoms with Gasteiger partial charge < -0.3 is 14.4 Å². The quantitative estimate of drug-likeness (QED) is 0.730. The highest BCUT2D eigenvalue weighted by Gasteiger charge is 2.19. The summed E-state index contributed by atoms with van der Waals surface area (Å²) in [6.07, 6.45) is -0.395. The van der Waals surface area contributed by atoms with E-state index >= 15 is 0 Å². The number of nitrogens with zero attached hydrogens (tertiary/aromatic N) is 1. The molecule has 2 rings (SSSR count). The fourth-order valence-electron chi connectivity index (χ4n) is 1.66. The molecule has 0 aliphatic heterocycles. The minimum absolute atomic E-state index is 0.0140. The van der Waals surface area contributed by atoms with Gasteiger partial charge in [0.25, 0.3) is 0 Å². The van der Waals surface area contributed by atoms with Crippen LogP contribution in [0.2, 0.25) is 0 Å². The van der Waals surface area contributed by atoms with E-state index in [4.69, 9.17) is 18.0 Å². The number of fused-ring (bicyclic) bond motifs is 1. The average Bonchev–Trinajstić information content (AvgIpc) is 2.88. The number of hydrogen-bond donors (Lipinski definition) is 3. The van der Waals surface area contributed by atoms with E-state index in [0.29, 0.717) is 10.4 Å². The summed E-state index contributed by atoms with van der Waals surface area (Å²) in [5.74, 6) is -0.230. The fourth-order valence-corrected chi connectivity index (χ4v) is 2.07. The van der Waals surface area contributed by atoms with Crippen LogP contribution < -0.4 is 4.52 Å². The van der Waals surface area contributed by atoms with E-state index in [0.717, 1.165) is 7.05 Å². The molecule has 0 saturated carbocycles. The minimum Gasteiger partial charge on any atom is -0.404 e. The largest absolute Gasteiger partial charge is 0.524 e. The SMILES string of the molecule is [2H]C(c1c[nH]c2cccc(OP(=O)(O)O)c12)C([2H])([2H])N(C)C([2H])([2H])[2H]. The summed E-state index contributed by atoms with van der Waals surface area (Å²) < 4.78 is 62.1. The van der Waals surface area contributed by atoms with Crippen LogP contribution >= 0.6 is 7.82 Å². The van der Waals surface area contributed by atoms with Gasteiger partial charge in [-0.1, -0.05) is 6.07 Å². The Morgan fingerprint density at radius 3 is 3.05 bits per heavy atom. The lowest BCUT2D eigenvalue weighted by molar-refractivity contribution is 0.284. The van der Waals surface area contributed by atoms with Crippen molar-refractivity contribution >= 4 is 18.7 Å². The molecule has 104 valence electrons. The van der Waals surface area contributed by atoms with Gasteiger partial charge in [-0.25, -0.2) is 4.57 Å². The molecular formula is C12H17N2O4P. The second-order valence-corrected chi connectivity index (χ2v) is 5.00. The van der Waals surface area contributed by atoms with E-state index in [2.05, 4.69) is 9.51 Å². The van der Waals surface area contributed by atoms with Gasteiger partial charge in [-0.05, 0) is 38.1 Å². The molecule has 0 radical (unpaired) electrons. The van der Waals surface area contributed by atoms with Gasteiger partial charge in [0.05, 0.1) is 0 Å². The first-order valence-electron chi connectivity index (χ1n) is 8.34. The number of aromatic amines is 1. The molecule has 1 aromatic heterocycles. The van der Waals surface area contributed by atoms with Crippen LogP contribution in [0.1, 0.15) is 13.8 Å². The average molecular weight is 290 g/mol. The summed E-state index contributed by atoms with van der Waals surface area (Å²) in [4.78, 5) is 21.3. The summed E-state index contributed by atoms with van der Waals surface area (Å²) in [5.41, 5.74) is 0.380. The topological polar surface area (TPSA) is 85.8 Å². The zero-order valence-electron chi connectivity index (χ0n) is 16.0. The van der Waals surface area contributed by atoms with Crippen molar-refractivity contribution in [1.82, 2.24) is 9.88 Å². The first-order chi connectivity index (χ1) is 11.2. The zero-order chi connectivity index (χ0) is 19.2. The predicted molar refractivity (Wildman–Crippen MR) is 73.2 cm³/mol. The number of aryl methyl sites for hydroxylation is 1. The van der Waals surface area contributed by atoms with Crippen LogP contribution in [-0.2, 0) is 11.0 Å². The number of H-pyrrole nitrogens is 1. The van der Waals surface area contributed by atoms with Crippen molar-refractivity contribution in [1.29, 1.82) is 0 Å². The Morgan fingerprint density at radius 2 is 2.37 bits per heavy atom. The molecule has 0 saturated heterocycles. The summed E-state index contributed by atoms with van der Waals surface area (Å²) in [5, 5.41) is 0.105. The third-order valence-corrected chi connectivity index (χ3v) is 2.76. The van der Waals surface area contributed by atoms with Crippen LogP contribution in [0.4, 0.5) is 0 Å². The molecule has 0 fully saturated rings. The minimum atomic E-state index is -4.87. The maximum Gasteiger partial charge on any atom is 0.524 e. The highest BCUT2D eigenvalue weighted by molar-refractivity contribution is 7.46. The summed E-state index contributed by atoms with van der Waals surface area (Å²) in [6, 6.07) is 4.30. The molecule has 6 nitrogen and oxygen atoms in total. The monoisotopic (exact) mass is 290 g/mol. The fraction of sp³-hybridized carbons (Fsp3) is 0.333. The van der Waals surface area contributed by atoms with Crippen molar-refractivity contribution in [3.8, 4) is 5.75 Å². The molecule has 0 aliphatic carbocycles. The number of phosphoric acid groups is 1. The Labute approximate surface area is 119 Å². The van der Waals surface area contributed by atoms with Gasteiger partial charge in [0, 0.05) is 31.8 Å². The number of nitrogens with one attached hydrogen (secondary N) is 1. The Balaban J connectivity index is 2.56. The second-order valence-electron chi connectivity index (χ2n) is 3.84. The van der Waals surface area contributed by atoms with Crippen LogP contribution in [0.5, 0.6) is 5.75 Å². The highest BCUT2D eigenvalue weighted by atomic mass is 31.2. The standard InChI is InChI=1S/C12H17N2O4P/c1-14(2)7-6-9-8-13-10-4-3-5-11(12(9)10)18-19(15,16)17/h3-5,8,13H,6-7H2,1-2H3,(H2,15,16,17)/i1D3,6D,7D2. The summed E-state index contributed by atoms with van der Waals surface area (Å²) in [7, 11) is -3.84. The Bertz CT molecular complexity index is 818. The van der Waals surface area contributed by atoms with E-state index in [1.54, 1.807) is 6.07 Å². The van der Waals surface area contributed by atoms with Crippen molar-refractivity contribution in [2.75, 3.05) is 20.5 Å². The molecule has 1 unspecified atom stereocenters. The van der Waals surface area contributed by atoms with E-state index < -0.39 is 27.7 Å². The maximum absolute atomic E-state index is 11.1.